The standard InChI is InChI=1S/C25H34ClN3O4S/c1-7-19(4)27-25(31)20(5)28(15-21-10-8-9-11-22(21)26)24(30)16-29(34(6,32)33)23-14-17(2)12-13-18(23)3/h8-14,19-20H,7,15-16H2,1-6H3,(H,27,31)/t19-,20+/m0/s1. The number of aryl methyl sites for hydroxylation is 2. The van der Waals surface area contributed by atoms with Gasteiger partial charge in [0.1, 0.15) is 12.6 Å². The van der Waals surface area contributed by atoms with Gasteiger partial charge in [-0.2, -0.15) is 0 Å². The number of carbonyl (C=O) groups excluding carboxylic acids is 2. The number of sulfonamides is 1. The van der Waals surface area contributed by atoms with Crippen molar-refractivity contribution in [2.45, 2.75) is 59.7 Å². The van der Waals surface area contributed by atoms with Gasteiger partial charge in [-0.25, -0.2) is 8.42 Å². The van der Waals surface area contributed by atoms with Crippen LogP contribution in [0.3, 0.4) is 0 Å². The van der Waals surface area contributed by atoms with Crippen LogP contribution < -0.4 is 9.62 Å². The zero-order valence-electron chi connectivity index (χ0n) is 20.6. The minimum Gasteiger partial charge on any atom is -0.352 e. The largest absolute Gasteiger partial charge is 0.352 e. The van der Waals surface area contributed by atoms with Crippen LogP contribution in [0.15, 0.2) is 42.5 Å². The molecule has 186 valence electrons. The van der Waals surface area contributed by atoms with Gasteiger partial charge in [0.05, 0.1) is 11.9 Å². The lowest BCUT2D eigenvalue weighted by molar-refractivity contribution is -0.139. The first-order valence-corrected chi connectivity index (χ1v) is 13.5. The molecule has 7 nitrogen and oxygen atoms in total. The third-order valence-corrected chi connectivity index (χ3v) is 7.27. The van der Waals surface area contributed by atoms with Crippen LogP contribution in [0, 0.1) is 13.8 Å². The molecule has 2 atom stereocenters. The van der Waals surface area contributed by atoms with Crippen molar-refractivity contribution in [1.82, 2.24) is 10.2 Å². The van der Waals surface area contributed by atoms with E-state index in [1.807, 2.05) is 32.9 Å². The fraction of sp³-hybridized carbons (Fsp3) is 0.440. The molecular formula is C25H34ClN3O4S. The molecule has 0 radical (unpaired) electrons. The Morgan fingerprint density at radius 3 is 2.32 bits per heavy atom. The van der Waals surface area contributed by atoms with Crippen molar-refractivity contribution in [2.75, 3.05) is 17.1 Å². The predicted octanol–water partition coefficient (Wildman–Crippen LogP) is 4.05. The lowest BCUT2D eigenvalue weighted by Gasteiger charge is -2.32. The van der Waals surface area contributed by atoms with E-state index in [-0.39, 0.29) is 18.5 Å². The topological polar surface area (TPSA) is 86.8 Å². The van der Waals surface area contributed by atoms with E-state index in [1.54, 1.807) is 44.2 Å². The van der Waals surface area contributed by atoms with E-state index in [0.29, 0.717) is 16.3 Å². The van der Waals surface area contributed by atoms with Crippen LogP contribution in [-0.2, 0) is 26.2 Å². The number of rotatable bonds is 10. The smallest absolute Gasteiger partial charge is 0.244 e. The predicted molar refractivity (Wildman–Crippen MR) is 137 cm³/mol. The average Bonchev–Trinajstić information content (AvgIpc) is 2.77. The fourth-order valence-corrected chi connectivity index (χ4v) is 4.54. The molecule has 2 aromatic rings. The highest BCUT2D eigenvalue weighted by Gasteiger charge is 2.31. The molecule has 2 amide bonds. The van der Waals surface area contributed by atoms with E-state index in [2.05, 4.69) is 5.32 Å². The Balaban J connectivity index is 2.45. The third kappa shape index (κ3) is 7.21. The molecular weight excluding hydrogens is 474 g/mol. The number of amides is 2. The monoisotopic (exact) mass is 507 g/mol. The summed E-state index contributed by atoms with van der Waals surface area (Å²) in [6.07, 6.45) is 1.81. The van der Waals surface area contributed by atoms with Gasteiger partial charge >= 0.3 is 0 Å². The first-order valence-electron chi connectivity index (χ1n) is 11.2. The van der Waals surface area contributed by atoms with Crippen LogP contribution >= 0.6 is 11.6 Å². The first kappa shape index (κ1) is 27.7. The lowest BCUT2D eigenvalue weighted by Crippen LogP contribution is -2.52. The molecule has 2 rings (SSSR count). The van der Waals surface area contributed by atoms with Crippen LogP contribution in [0.4, 0.5) is 5.69 Å². The molecule has 0 heterocycles. The van der Waals surface area contributed by atoms with Crippen LogP contribution in [0.1, 0.15) is 43.9 Å². The molecule has 0 unspecified atom stereocenters. The van der Waals surface area contributed by atoms with Crippen LogP contribution in [0.25, 0.3) is 0 Å². The summed E-state index contributed by atoms with van der Waals surface area (Å²) in [6.45, 7) is 8.76. The van der Waals surface area contributed by atoms with Gasteiger partial charge in [-0.15, -0.1) is 0 Å². The van der Waals surface area contributed by atoms with Crippen molar-refractivity contribution in [1.29, 1.82) is 0 Å². The molecule has 9 heteroatoms. The van der Waals surface area contributed by atoms with E-state index in [1.165, 1.54) is 4.90 Å². The Kier molecular flexibility index (Phi) is 9.53. The molecule has 0 spiro atoms. The van der Waals surface area contributed by atoms with Gasteiger partial charge in [0.2, 0.25) is 21.8 Å². The third-order valence-electron chi connectivity index (χ3n) is 5.78. The van der Waals surface area contributed by atoms with Crippen molar-refractivity contribution in [2.24, 2.45) is 0 Å². The second-order valence-electron chi connectivity index (χ2n) is 8.67. The van der Waals surface area contributed by atoms with Gasteiger partial charge in [0, 0.05) is 17.6 Å². The van der Waals surface area contributed by atoms with Crippen LogP contribution in [0.2, 0.25) is 5.02 Å². The Hall–Kier alpha value is -2.58. The second-order valence-corrected chi connectivity index (χ2v) is 11.0. The Bertz CT molecular complexity index is 1140. The van der Waals surface area contributed by atoms with Crippen LogP contribution in [-0.4, -0.2) is 50.0 Å². The quantitative estimate of drug-likeness (QED) is 0.525. The van der Waals surface area contributed by atoms with E-state index in [9.17, 15) is 18.0 Å². The van der Waals surface area contributed by atoms with E-state index in [0.717, 1.165) is 28.1 Å². The van der Waals surface area contributed by atoms with Gasteiger partial charge in [0.15, 0.2) is 0 Å². The van der Waals surface area contributed by atoms with E-state index in [4.69, 9.17) is 11.6 Å². The second kappa shape index (κ2) is 11.7. The Morgan fingerprint density at radius 2 is 1.74 bits per heavy atom. The summed E-state index contributed by atoms with van der Waals surface area (Å²) >= 11 is 6.33. The summed E-state index contributed by atoms with van der Waals surface area (Å²) in [6, 6.07) is 11.6. The maximum atomic E-state index is 13.6. The Morgan fingerprint density at radius 1 is 1.09 bits per heavy atom. The number of hydrogen-bond acceptors (Lipinski definition) is 4. The summed E-state index contributed by atoms with van der Waals surface area (Å²) < 4.78 is 26.5. The molecule has 34 heavy (non-hydrogen) atoms. The molecule has 1 N–H and O–H groups in total. The van der Waals surface area contributed by atoms with Crippen molar-refractivity contribution < 1.29 is 18.0 Å². The molecule has 0 saturated carbocycles. The number of hydrogen-bond donors (Lipinski definition) is 1. The highest BCUT2D eigenvalue weighted by Crippen LogP contribution is 2.25. The minimum absolute atomic E-state index is 0.0605. The maximum Gasteiger partial charge on any atom is 0.244 e. The maximum absolute atomic E-state index is 13.6. The van der Waals surface area contributed by atoms with Gasteiger partial charge in [-0.3, -0.25) is 13.9 Å². The number of benzene rings is 2. The van der Waals surface area contributed by atoms with Crippen molar-refractivity contribution in [3.05, 3.63) is 64.2 Å². The molecule has 0 saturated heterocycles. The molecule has 0 fully saturated rings. The summed E-state index contributed by atoms with van der Waals surface area (Å²) in [4.78, 5) is 27.9. The number of nitrogens with zero attached hydrogens (tertiary/aromatic N) is 2. The zero-order chi connectivity index (χ0) is 25.6. The minimum atomic E-state index is -3.78. The fourth-order valence-electron chi connectivity index (χ4n) is 3.44. The normalized spacial score (nSPS) is 13.1. The molecule has 2 aromatic carbocycles. The molecule has 0 aliphatic rings. The molecule has 0 aliphatic heterocycles. The van der Waals surface area contributed by atoms with Crippen molar-refractivity contribution in [3.63, 3.8) is 0 Å². The number of halogens is 1. The summed E-state index contributed by atoms with van der Waals surface area (Å²) in [5.41, 5.74) is 2.70. The first-order chi connectivity index (χ1) is 15.8. The number of nitrogens with one attached hydrogen (secondary N) is 1. The highest BCUT2D eigenvalue weighted by atomic mass is 35.5. The lowest BCUT2D eigenvalue weighted by atomic mass is 10.1. The summed E-state index contributed by atoms with van der Waals surface area (Å²) in [5.74, 6) is -0.814. The molecule has 0 bridgehead atoms. The zero-order valence-corrected chi connectivity index (χ0v) is 22.2. The molecule has 0 aromatic heterocycles. The van der Waals surface area contributed by atoms with E-state index >= 15 is 0 Å². The molecule has 0 aliphatic carbocycles. The summed E-state index contributed by atoms with van der Waals surface area (Å²) in [5, 5.41) is 3.36. The number of anilines is 1. The van der Waals surface area contributed by atoms with Gasteiger partial charge in [0.25, 0.3) is 0 Å². The van der Waals surface area contributed by atoms with E-state index < -0.39 is 28.5 Å². The SMILES string of the molecule is CC[C@H](C)NC(=O)[C@@H](C)N(Cc1ccccc1Cl)C(=O)CN(c1cc(C)ccc1C)S(C)(=O)=O. The van der Waals surface area contributed by atoms with Crippen molar-refractivity contribution >= 4 is 39.1 Å². The number of carbonyl (C=O) groups is 2. The van der Waals surface area contributed by atoms with Gasteiger partial charge < -0.3 is 10.2 Å². The van der Waals surface area contributed by atoms with Gasteiger partial charge in [-0.1, -0.05) is 48.9 Å². The van der Waals surface area contributed by atoms with Crippen LogP contribution in [0.5, 0.6) is 0 Å². The Labute approximate surface area is 208 Å². The average molecular weight is 508 g/mol. The van der Waals surface area contributed by atoms with Gasteiger partial charge in [-0.05, 0) is 62.9 Å². The van der Waals surface area contributed by atoms with Crippen molar-refractivity contribution in [3.8, 4) is 0 Å². The highest BCUT2D eigenvalue weighted by molar-refractivity contribution is 7.92. The summed E-state index contributed by atoms with van der Waals surface area (Å²) in [7, 11) is -3.78.